The predicted octanol–water partition coefficient (Wildman–Crippen LogP) is 1.92. The van der Waals surface area contributed by atoms with Crippen molar-refractivity contribution in [3.05, 3.63) is 29.8 Å². The first-order valence-electron chi connectivity index (χ1n) is 8.02. The maximum absolute atomic E-state index is 11.2. The minimum atomic E-state index is -3.62. The highest BCUT2D eigenvalue weighted by Gasteiger charge is 2.21. The molecule has 0 bridgehead atoms. The Bertz CT molecular complexity index is 629. The van der Waals surface area contributed by atoms with Crippen molar-refractivity contribution in [1.29, 1.82) is 0 Å². The van der Waals surface area contributed by atoms with E-state index in [1.165, 1.54) is 37.8 Å². The normalized spacial score (nSPS) is 21.7. The number of benzene rings is 1. The van der Waals surface area contributed by atoms with Gasteiger partial charge in [-0.1, -0.05) is 31.9 Å². The Hall–Kier alpha value is -1.18. The van der Waals surface area contributed by atoms with Gasteiger partial charge in [-0.2, -0.15) is 0 Å². The molecule has 0 amide bonds. The molecule has 1 saturated carbocycles. The second kappa shape index (κ2) is 8.08. The van der Waals surface area contributed by atoms with Crippen LogP contribution in [0.5, 0.6) is 0 Å². The fourth-order valence-corrected chi connectivity index (χ4v) is 3.69. The fraction of sp³-hybridized carbons (Fsp3) is 0.562. The van der Waals surface area contributed by atoms with Crippen LogP contribution in [-0.2, 0) is 16.4 Å². The second-order valence-corrected chi connectivity index (χ2v) is 8.18. The fourth-order valence-electron chi connectivity index (χ4n) is 2.92. The summed E-state index contributed by atoms with van der Waals surface area (Å²) in [6.45, 7) is 2.98. The maximum atomic E-state index is 11.2. The third kappa shape index (κ3) is 5.75. The zero-order chi connectivity index (χ0) is 16.9. The molecule has 128 valence electrons. The molecule has 5 nitrogen and oxygen atoms in total. The van der Waals surface area contributed by atoms with E-state index < -0.39 is 10.0 Å². The number of primary sulfonamides is 1. The molecule has 1 aromatic carbocycles. The molecule has 7 heteroatoms. The third-order valence-corrected chi connectivity index (χ3v) is 5.57. The highest BCUT2D eigenvalue weighted by Crippen LogP contribution is 2.23. The lowest BCUT2D eigenvalue weighted by atomic mass is 9.86. The zero-order valence-corrected chi connectivity index (χ0v) is 15.1. The number of thiocarbonyl (C=S) groups is 1. The van der Waals surface area contributed by atoms with Gasteiger partial charge in [0.15, 0.2) is 5.11 Å². The average molecular weight is 356 g/mol. The van der Waals surface area contributed by atoms with Gasteiger partial charge in [0, 0.05) is 12.6 Å². The topological polar surface area (TPSA) is 84.2 Å². The summed E-state index contributed by atoms with van der Waals surface area (Å²) < 4.78 is 22.4. The predicted molar refractivity (Wildman–Crippen MR) is 96.7 cm³/mol. The van der Waals surface area contributed by atoms with E-state index in [1.807, 2.05) is 0 Å². The molecular weight excluding hydrogens is 330 g/mol. The van der Waals surface area contributed by atoms with Crippen LogP contribution in [0.2, 0.25) is 0 Å². The lowest BCUT2D eigenvalue weighted by Crippen LogP contribution is -2.46. The minimum absolute atomic E-state index is 0.137. The molecule has 1 fully saturated rings. The molecule has 0 unspecified atom stereocenters. The van der Waals surface area contributed by atoms with Crippen molar-refractivity contribution in [1.82, 2.24) is 10.6 Å². The molecule has 2 atom stereocenters. The van der Waals surface area contributed by atoms with Gasteiger partial charge in [0.05, 0.1) is 4.90 Å². The van der Waals surface area contributed by atoms with Gasteiger partial charge >= 0.3 is 0 Å². The van der Waals surface area contributed by atoms with Gasteiger partial charge in [-0.15, -0.1) is 0 Å². The van der Waals surface area contributed by atoms with Crippen LogP contribution >= 0.6 is 12.2 Å². The Balaban J connectivity index is 1.75. The molecule has 0 aromatic heterocycles. The molecule has 0 radical (unpaired) electrons. The van der Waals surface area contributed by atoms with Crippen molar-refractivity contribution in [3.63, 3.8) is 0 Å². The minimum Gasteiger partial charge on any atom is -0.362 e. The molecule has 0 spiro atoms. The van der Waals surface area contributed by atoms with Crippen molar-refractivity contribution in [2.24, 2.45) is 11.1 Å². The molecule has 0 aliphatic heterocycles. The molecule has 0 saturated heterocycles. The van der Waals surface area contributed by atoms with Crippen molar-refractivity contribution in [2.45, 2.75) is 50.0 Å². The monoisotopic (exact) mass is 355 g/mol. The summed E-state index contributed by atoms with van der Waals surface area (Å²) in [5.41, 5.74) is 1.04. The third-order valence-electron chi connectivity index (χ3n) is 4.38. The summed E-state index contributed by atoms with van der Waals surface area (Å²) in [6, 6.07) is 7.09. The highest BCUT2D eigenvalue weighted by molar-refractivity contribution is 7.89. The first kappa shape index (κ1) is 18.2. The summed E-state index contributed by atoms with van der Waals surface area (Å²) in [6.07, 6.45) is 5.79. The molecule has 4 N–H and O–H groups in total. The van der Waals surface area contributed by atoms with E-state index in [-0.39, 0.29) is 4.90 Å². The molecule has 0 heterocycles. The molecular formula is C16H25N3O2S2. The Morgan fingerprint density at radius 1 is 1.26 bits per heavy atom. The largest absolute Gasteiger partial charge is 0.362 e. The van der Waals surface area contributed by atoms with Crippen LogP contribution in [0.3, 0.4) is 0 Å². The maximum Gasteiger partial charge on any atom is 0.238 e. The van der Waals surface area contributed by atoms with Crippen molar-refractivity contribution in [3.8, 4) is 0 Å². The molecule has 1 aliphatic rings. The van der Waals surface area contributed by atoms with Gasteiger partial charge < -0.3 is 10.6 Å². The van der Waals surface area contributed by atoms with Crippen LogP contribution < -0.4 is 15.8 Å². The Morgan fingerprint density at radius 2 is 1.91 bits per heavy atom. The first-order valence-corrected chi connectivity index (χ1v) is 9.98. The van der Waals surface area contributed by atoms with Crippen LogP contribution in [0.4, 0.5) is 0 Å². The number of sulfonamides is 1. The molecule has 1 aromatic rings. The summed E-state index contributed by atoms with van der Waals surface area (Å²) in [5.74, 6) is 0.661. The van der Waals surface area contributed by atoms with E-state index in [2.05, 4.69) is 17.6 Å². The van der Waals surface area contributed by atoms with Crippen molar-refractivity contribution >= 4 is 27.4 Å². The van der Waals surface area contributed by atoms with E-state index in [0.717, 1.165) is 12.0 Å². The molecule has 2 rings (SSSR count). The van der Waals surface area contributed by atoms with Gasteiger partial charge in [0.25, 0.3) is 0 Å². The Morgan fingerprint density at radius 3 is 2.52 bits per heavy atom. The van der Waals surface area contributed by atoms with Gasteiger partial charge in [-0.25, -0.2) is 13.6 Å². The van der Waals surface area contributed by atoms with E-state index in [9.17, 15) is 8.42 Å². The number of hydrogen-bond donors (Lipinski definition) is 3. The van der Waals surface area contributed by atoms with E-state index >= 15 is 0 Å². The first-order chi connectivity index (χ1) is 10.9. The second-order valence-electron chi connectivity index (χ2n) is 6.21. The standard InChI is InChI=1S/C16H25N3O2S2/c1-12-4-2-3-5-15(12)19-16(22)18-11-10-13-6-8-14(9-7-13)23(17,20)21/h6-9,12,15H,2-5,10-11H2,1H3,(H2,17,20,21)(H2,18,19,22)/t12-,15+/m0/s1. The van der Waals surface area contributed by atoms with Crippen molar-refractivity contribution in [2.75, 3.05) is 6.54 Å². The Kier molecular flexibility index (Phi) is 6.38. The Labute approximate surface area is 144 Å². The summed E-state index contributed by atoms with van der Waals surface area (Å²) in [5, 5.41) is 12.4. The van der Waals surface area contributed by atoms with Crippen LogP contribution in [0.15, 0.2) is 29.2 Å². The van der Waals surface area contributed by atoms with Gasteiger partial charge in [0.2, 0.25) is 10.0 Å². The molecule has 23 heavy (non-hydrogen) atoms. The number of nitrogens with two attached hydrogens (primary N) is 1. The highest BCUT2D eigenvalue weighted by atomic mass is 32.2. The van der Waals surface area contributed by atoms with Gasteiger partial charge in [-0.05, 0) is 55.1 Å². The lowest BCUT2D eigenvalue weighted by molar-refractivity contribution is 0.308. The van der Waals surface area contributed by atoms with Crippen LogP contribution in [-0.4, -0.2) is 26.1 Å². The van der Waals surface area contributed by atoms with Gasteiger partial charge in [-0.3, -0.25) is 0 Å². The SMILES string of the molecule is C[C@H]1CCCC[C@H]1NC(=S)NCCc1ccc(S(N)(=O)=O)cc1. The van der Waals surface area contributed by atoms with Crippen LogP contribution in [0.25, 0.3) is 0 Å². The van der Waals surface area contributed by atoms with E-state index in [1.54, 1.807) is 12.1 Å². The van der Waals surface area contributed by atoms with Crippen molar-refractivity contribution < 1.29 is 8.42 Å². The van der Waals surface area contributed by atoms with E-state index in [0.29, 0.717) is 23.6 Å². The van der Waals surface area contributed by atoms with Gasteiger partial charge in [0.1, 0.15) is 0 Å². The van der Waals surface area contributed by atoms with E-state index in [4.69, 9.17) is 17.4 Å². The summed E-state index contributed by atoms with van der Waals surface area (Å²) in [4.78, 5) is 0.137. The summed E-state index contributed by atoms with van der Waals surface area (Å²) >= 11 is 5.35. The lowest BCUT2D eigenvalue weighted by Gasteiger charge is -2.30. The smallest absolute Gasteiger partial charge is 0.238 e. The summed E-state index contributed by atoms with van der Waals surface area (Å²) in [7, 11) is -3.62. The number of nitrogens with one attached hydrogen (secondary N) is 2. The van der Waals surface area contributed by atoms with Crippen LogP contribution in [0.1, 0.15) is 38.2 Å². The average Bonchev–Trinajstić information content (AvgIpc) is 2.49. The number of hydrogen-bond acceptors (Lipinski definition) is 3. The van der Waals surface area contributed by atoms with Crippen LogP contribution in [0, 0.1) is 5.92 Å². The number of rotatable bonds is 5. The quantitative estimate of drug-likeness (QED) is 0.703. The zero-order valence-electron chi connectivity index (χ0n) is 13.4. The molecule has 1 aliphatic carbocycles.